The summed E-state index contributed by atoms with van der Waals surface area (Å²) in [6, 6.07) is 20.3. The van der Waals surface area contributed by atoms with Gasteiger partial charge in [-0.2, -0.15) is 0 Å². The Kier molecular flexibility index (Phi) is 9.98. The van der Waals surface area contributed by atoms with Crippen LogP contribution in [0.1, 0.15) is 41.7 Å². The van der Waals surface area contributed by atoms with Crippen molar-refractivity contribution in [3.05, 3.63) is 105 Å². The van der Waals surface area contributed by atoms with Crippen LogP contribution in [-0.4, -0.2) is 29.3 Å². The largest absolute Gasteiger partial charge is 0.354 e. The lowest BCUT2D eigenvalue weighted by Crippen LogP contribution is -2.51. The standard InChI is InChI=1S/C30H34Cl2N2O2/c1-20(2)18-33-30(36)28(16-23-9-6-5-7-10-23)34(19-25-26(31)11-8-12-27(25)32)29(35)17-24-14-13-21(3)22(4)15-24/h5-15,20,28H,16-19H2,1-4H3,(H,33,36)/t28-/m1/s1. The van der Waals surface area contributed by atoms with Gasteiger partial charge in [-0.15, -0.1) is 0 Å². The summed E-state index contributed by atoms with van der Waals surface area (Å²) in [5, 5.41) is 3.97. The highest BCUT2D eigenvalue weighted by Crippen LogP contribution is 2.27. The first kappa shape index (κ1) is 27.8. The maximum absolute atomic E-state index is 13.9. The molecular weight excluding hydrogens is 491 g/mol. The Labute approximate surface area is 224 Å². The van der Waals surface area contributed by atoms with Crippen molar-refractivity contribution >= 4 is 35.0 Å². The van der Waals surface area contributed by atoms with E-state index in [4.69, 9.17) is 23.2 Å². The fraction of sp³-hybridized carbons (Fsp3) is 0.333. The molecule has 3 rings (SSSR count). The van der Waals surface area contributed by atoms with Gasteiger partial charge in [-0.1, -0.05) is 91.6 Å². The lowest BCUT2D eigenvalue weighted by Gasteiger charge is -2.32. The summed E-state index contributed by atoms with van der Waals surface area (Å²) < 4.78 is 0. The summed E-state index contributed by atoms with van der Waals surface area (Å²) in [4.78, 5) is 29.0. The zero-order valence-corrected chi connectivity index (χ0v) is 22.9. The molecule has 3 aromatic rings. The number of hydrogen-bond donors (Lipinski definition) is 1. The molecule has 2 amide bonds. The Morgan fingerprint density at radius 2 is 1.53 bits per heavy atom. The molecule has 6 heteroatoms. The summed E-state index contributed by atoms with van der Waals surface area (Å²) in [6.07, 6.45) is 0.553. The predicted octanol–water partition coefficient (Wildman–Crippen LogP) is 6.57. The van der Waals surface area contributed by atoms with E-state index in [0.29, 0.717) is 28.6 Å². The maximum Gasteiger partial charge on any atom is 0.243 e. The van der Waals surface area contributed by atoms with Gasteiger partial charge in [-0.3, -0.25) is 9.59 Å². The maximum atomic E-state index is 13.9. The fourth-order valence-electron chi connectivity index (χ4n) is 4.02. The third kappa shape index (κ3) is 7.59. The molecule has 0 saturated heterocycles. The van der Waals surface area contributed by atoms with Crippen LogP contribution in [0.25, 0.3) is 0 Å². The summed E-state index contributed by atoms with van der Waals surface area (Å²) in [6.45, 7) is 8.81. The van der Waals surface area contributed by atoms with Crippen LogP contribution < -0.4 is 5.32 Å². The van der Waals surface area contributed by atoms with Gasteiger partial charge in [-0.05, 0) is 54.2 Å². The topological polar surface area (TPSA) is 49.4 Å². The molecule has 0 fully saturated rings. The molecule has 36 heavy (non-hydrogen) atoms. The Hall–Kier alpha value is -2.82. The molecule has 0 aliphatic carbocycles. The Balaban J connectivity index is 2.01. The van der Waals surface area contributed by atoms with E-state index in [1.54, 1.807) is 23.1 Å². The summed E-state index contributed by atoms with van der Waals surface area (Å²) in [7, 11) is 0. The third-order valence-corrected chi connectivity index (χ3v) is 6.98. The number of amides is 2. The van der Waals surface area contributed by atoms with Gasteiger partial charge in [0, 0.05) is 35.1 Å². The van der Waals surface area contributed by atoms with E-state index in [0.717, 1.165) is 16.7 Å². The van der Waals surface area contributed by atoms with Gasteiger partial charge in [0.05, 0.1) is 6.42 Å². The molecular formula is C30H34Cl2N2O2. The third-order valence-electron chi connectivity index (χ3n) is 6.27. The summed E-state index contributed by atoms with van der Waals surface area (Å²) >= 11 is 13.0. The monoisotopic (exact) mass is 524 g/mol. The highest BCUT2D eigenvalue weighted by molar-refractivity contribution is 6.36. The van der Waals surface area contributed by atoms with Crippen LogP contribution in [0.5, 0.6) is 0 Å². The number of carbonyl (C=O) groups is 2. The van der Waals surface area contributed by atoms with Gasteiger partial charge < -0.3 is 10.2 Å². The van der Waals surface area contributed by atoms with Crippen LogP contribution in [-0.2, 0) is 29.0 Å². The number of nitrogens with zero attached hydrogens (tertiary/aromatic N) is 1. The minimum absolute atomic E-state index is 0.134. The number of aryl methyl sites for hydroxylation is 2. The number of halogens is 2. The van der Waals surface area contributed by atoms with Gasteiger partial charge in [0.2, 0.25) is 11.8 Å². The number of hydrogen-bond acceptors (Lipinski definition) is 2. The highest BCUT2D eigenvalue weighted by Gasteiger charge is 2.31. The zero-order valence-electron chi connectivity index (χ0n) is 21.4. The van der Waals surface area contributed by atoms with Gasteiger partial charge in [-0.25, -0.2) is 0 Å². The Bertz CT molecular complexity index is 1170. The first-order valence-corrected chi connectivity index (χ1v) is 13.0. The number of rotatable bonds is 10. The second-order valence-electron chi connectivity index (χ2n) is 9.66. The highest BCUT2D eigenvalue weighted by atomic mass is 35.5. The second kappa shape index (κ2) is 12.9. The van der Waals surface area contributed by atoms with Crippen molar-refractivity contribution < 1.29 is 9.59 Å². The van der Waals surface area contributed by atoms with E-state index in [2.05, 4.69) is 5.32 Å². The van der Waals surface area contributed by atoms with E-state index >= 15 is 0 Å². The van der Waals surface area contributed by atoms with Gasteiger partial charge in [0.25, 0.3) is 0 Å². The van der Waals surface area contributed by atoms with E-state index in [1.165, 1.54) is 5.56 Å². The Morgan fingerprint density at radius 1 is 0.861 bits per heavy atom. The molecule has 190 valence electrons. The van der Waals surface area contributed by atoms with Crippen LogP contribution in [0.4, 0.5) is 0 Å². The van der Waals surface area contributed by atoms with Crippen LogP contribution in [0, 0.1) is 19.8 Å². The van der Waals surface area contributed by atoms with Gasteiger partial charge >= 0.3 is 0 Å². The average Bonchev–Trinajstić information content (AvgIpc) is 2.84. The van der Waals surface area contributed by atoms with Crippen molar-refractivity contribution in [3.8, 4) is 0 Å². The molecule has 4 nitrogen and oxygen atoms in total. The Morgan fingerprint density at radius 3 is 2.14 bits per heavy atom. The average molecular weight is 526 g/mol. The number of carbonyl (C=O) groups excluding carboxylic acids is 2. The lowest BCUT2D eigenvalue weighted by molar-refractivity contribution is -0.140. The predicted molar refractivity (Wildman–Crippen MR) is 148 cm³/mol. The van der Waals surface area contributed by atoms with E-state index in [-0.39, 0.29) is 30.7 Å². The molecule has 0 spiro atoms. The molecule has 3 aromatic carbocycles. The van der Waals surface area contributed by atoms with Crippen molar-refractivity contribution in [3.63, 3.8) is 0 Å². The molecule has 0 bridgehead atoms. The van der Waals surface area contributed by atoms with Crippen molar-refractivity contribution in [1.29, 1.82) is 0 Å². The molecule has 0 unspecified atom stereocenters. The van der Waals surface area contributed by atoms with Crippen molar-refractivity contribution in [2.24, 2.45) is 5.92 Å². The summed E-state index contributed by atoms with van der Waals surface area (Å²) in [5.74, 6) is -0.0666. The number of benzene rings is 3. The van der Waals surface area contributed by atoms with Gasteiger partial charge in [0.1, 0.15) is 6.04 Å². The molecule has 0 radical (unpaired) electrons. The van der Waals surface area contributed by atoms with E-state index in [9.17, 15) is 9.59 Å². The molecule has 0 aliphatic heterocycles. The van der Waals surface area contributed by atoms with Crippen molar-refractivity contribution in [1.82, 2.24) is 10.2 Å². The minimum atomic E-state index is -0.725. The van der Waals surface area contributed by atoms with Gasteiger partial charge in [0.15, 0.2) is 0 Å². The minimum Gasteiger partial charge on any atom is -0.354 e. The van der Waals surface area contributed by atoms with Crippen molar-refractivity contribution in [2.75, 3.05) is 6.54 Å². The molecule has 0 saturated carbocycles. The lowest BCUT2D eigenvalue weighted by atomic mass is 10.00. The fourth-order valence-corrected chi connectivity index (χ4v) is 4.54. The second-order valence-corrected chi connectivity index (χ2v) is 10.5. The SMILES string of the molecule is Cc1ccc(CC(=O)N(Cc2c(Cl)cccc2Cl)[C@H](Cc2ccccc2)C(=O)NCC(C)C)cc1C. The molecule has 1 N–H and O–H groups in total. The van der Waals surface area contributed by atoms with Crippen molar-refractivity contribution in [2.45, 2.75) is 53.1 Å². The molecule has 1 atom stereocenters. The normalized spacial score (nSPS) is 11.9. The van der Waals surface area contributed by atoms with Crippen LogP contribution in [0.3, 0.4) is 0 Å². The molecule has 0 heterocycles. The first-order valence-electron chi connectivity index (χ1n) is 12.3. The first-order chi connectivity index (χ1) is 17.2. The van der Waals surface area contributed by atoms with Crippen LogP contribution in [0.2, 0.25) is 10.0 Å². The smallest absolute Gasteiger partial charge is 0.243 e. The zero-order chi connectivity index (χ0) is 26.2. The summed E-state index contributed by atoms with van der Waals surface area (Å²) in [5.41, 5.74) is 4.79. The van der Waals surface area contributed by atoms with Crippen LogP contribution in [0.15, 0.2) is 66.7 Å². The number of nitrogens with one attached hydrogen (secondary N) is 1. The molecule has 0 aliphatic rings. The van der Waals surface area contributed by atoms with Crippen LogP contribution >= 0.6 is 23.2 Å². The quantitative estimate of drug-likeness (QED) is 0.326. The molecule has 0 aromatic heterocycles. The van der Waals surface area contributed by atoms with E-state index in [1.807, 2.05) is 76.2 Å². The van der Waals surface area contributed by atoms with E-state index < -0.39 is 6.04 Å².